The quantitative estimate of drug-likeness (QED) is 0.599. The molecule has 0 saturated carbocycles. The Kier molecular flexibility index (Phi) is 2.49. The monoisotopic (exact) mass is 130 g/mol. The molecule has 1 aliphatic rings. The lowest BCUT2D eigenvalue weighted by Gasteiger charge is -2.14. The molecule has 0 radical (unpaired) electrons. The van der Waals surface area contributed by atoms with Gasteiger partial charge in [-0.15, -0.1) is 0 Å². The molecule has 1 rings (SSSR count). The van der Waals surface area contributed by atoms with Crippen molar-refractivity contribution in [3.63, 3.8) is 0 Å². The number of hydrogen-bond donors (Lipinski definition) is 1. The minimum absolute atomic E-state index is 0.255. The van der Waals surface area contributed by atoms with Crippen molar-refractivity contribution in [1.82, 2.24) is 0 Å². The first-order valence-corrected chi connectivity index (χ1v) is 3.57. The van der Waals surface area contributed by atoms with Crippen molar-refractivity contribution in [3.8, 4) is 0 Å². The summed E-state index contributed by atoms with van der Waals surface area (Å²) in [6.45, 7) is 3.16. The van der Waals surface area contributed by atoms with Crippen LogP contribution < -0.4 is 0 Å². The van der Waals surface area contributed by atoms with Crippen molar-refractivity contribution in [3.05, 3.63) is 0 Å². The number of aliphatic hydroxyl groups excluding tert-OH is 1. The maximum atomic E-state index is 8.72. The Bertz CT molecular complexity index is 77.0. The lowest BCUT2D eigenvalue weighted by atomic mass is 10.0. The molecular formula is C7H14O2. The van der Waals surface area contributed by atoms with E-state index in [0.29, 0.717) is 12.0 Å². The second kappa shape index (κ2) is 3.18. The van der Waals surface area contributed by atoms with Crippen molar-refractivity contribution in [2.75, 3.05) is 13.2 Å². The normalized spacial score (nSPS) is 30.7. The molecule has 1 aliphatic heterocycles. The number of aliphatic hydroxyl groups is 1. The molecule has 1 saturated heterocycles. The summed E-state index contributed by atoms with van der Waals surface area (Å²) in [6, 6.07) is 0. The van der Waals surface area contributed by atoms with E-state index in [1.54, 1.807) is 0 Å². The van der Waals surface area contributed by atoms with Crippen LogP contribution in [-0.4, -0.2) is 24.4 Å². The second-order valence-corrected chi connectivity index (χ2v) is 2.71. The van der Waals surface area contributed by atoms with Gasteiger partial charge in [0, 0.05) is 19.1 Å². The van der Waals surface area contributed by atoms with E-state index in [1.165, 1.54) is 0 Å². The summed E-state index contributed by atoms with van der Waals surface area (Å²) >= 11 is 0. The third kappa shape index (κ3) is 1.66. The van der Waals surface area contributed by atoms with Crippen LogP contribution in [-0.2, 0) is 4.74 Å². The van der Waals surface area contributed by atoms with E-state index in [1.807, 2.05) is 6.92 Å². The van der Waals surface area contributed by atoms with Crippen LogP contribution in [0.15, 0.2) is 0 Å². The molecule has 0 aliphatic carbocycles. The molecule has 0 aromatic carbocycles. The van der Waals surface area contributed by atoms with Gasteiger partial charge in [-0.25, -0.2) is 0 Å². The highest BCUT2D eigenvalue weighted by Gasteiger charge is 2.20. The summed E-state index contributed by atoms with van der Waals surface area (Å²) in [7, 11) is 0. The van der Waals surface area contributed by atoms with Gasteiger partial charge < -0.3 is 9.84 Å². The van der Waals surface area contributed by atoms with Gasteiger partial charge in [0.2, 0.25) is 0 Å². The molecular weight excluding hydrogens is 116 g/mol. The van der Waals surface area contributed by atoms with Gasteiger partial charge in [0.25, 0.3) is 0 Å². The van der Waals surface area contributed by atoms with E-state index >= 15 is 0 Å². The van der Waals surface area contributed by atoms with E-state index in [9.17, 15) is 0 Å². The van der Waals surface area contributed by atoms with E-state index in [2.05, 4.69) is 0 Å². The molecule has 2 atom stereocenters. The molecule has 1 heterocycles. The maximum Gasteiger partial charge on any atom is 0.0623 e. The van der Waals surface area contributed by atoms with Crippen LogP contribution in [0.3, 0.4) is 0 Å². The summed E-state index contributed by atoms with van der Waals surface area (Å²) in [5.41, 5.74) is 0. The topological polar surface area (TPSA) is 29.5 Å². The Morgan fingerprint density at radius 3 is 3.00 bits per heavy atom. The molecule has 9 heavy (non-hydrogen) atoms. The Morgan fingerprint density at radius 2 is 2.56 bits per heavy atom. The lowest BCUT2D eigenvalue weighted by Crippen LogP contribution is -2.19. The second-order valence-electron chi connectivity index (χ2n) is 2.71. The summed E-state index contributed by atoms with van der Waals surface area (Å²) in [6.07, 6.45) is 2.62. The average molecular weight is 130 g/mol. The SMILES string of the molecule is C[C@H](CO)C1CCCO1. The zero-order valence-electron chi connectivity index (χ0n) is 5.84. The average Bonchev–Trinajstić information content (AvgIpc) is 2.37. The minimum Gasteiger partial charge on any atom is -0.396 e. The van der Waals surface area contributed by atoms with Gasteiger partial charge in [-0.1, -0.05) is 6.92 Å². The fourth-order valence-corrected chi connectivity index (χ4v) is 1.17. The van der Waals surface area contributed by atoms with E-state index < -0.39 is 0 Å². The van der Waals surface area contributed by atoms with Crippen LogP contribution in [0.4, 0.5) is 0 Å². The molecule has 0 aromatic rings. The van der Waals surface area contributed by atoms with Crippen molar-refractivity contribution in [2.24, 2.45) is 5.92 Å². The third-order valence-electron chi connectivity index (χ3n) is 1.89. The molecule has 1 fully saturated rings. The molecule has 0 spiro atoms. The Labute approximate surface area is 55.8 Å². The molecule has 1 N–H and O–H groups in total. The van der Waals surface area contributed by atoms with Crippen LogP contribution in [0.25, 0.3) is 0 Å². The largest absolute Gasteiger partial charge is 0.396 e. The predicted molar refractivity (Wildman–Crippen MR) is 35.2 cm³/mol. The first-order chi connectivity index (χ1) is 4.34. The van der Waals surface area contributed by atoms with Gasteiger partial charge in [-0.3, -0.25) is 0 Å². The predicted octanol–water partition coefficient (Wildman–Crippen LogP) is 0.794. The van der Waals surface area contributed by atoms with Gasteiger partial charge >= 0.3 is 0 Å². The van der Waals surface area contributed by atoms with Crippen LogP contribution in [0.5, 0.6) is 0 Å². The first kappa shape index (κ1) is 7.03. The zero-order chi connectivity index (χ0) is 6.69. The van der Waals surface area contributed by atoms with Gasteiger partial charge in [0.1, 0.15) is 0 Å². The van der Waals surface area contributed by atoms with E-state index in [-0.39, 0.29) is 6.61 Å². The highest BCUT2D eigenvalue weighted by Crippen LogP contribution is 2.19. The summed E-state index contributed by atoms with van der Waals surface area (Å²) < 4.78 is 5.35. The van der Waals surface area contributed by atoms with Crippen LogP contribution in [0, 0.1) is 5.92 Å². The maximum absolute atomic E-state index is 8.72. The van der Waals surface area contributed by atoms with Crippen molar-refractivity contribution < 1.29 is 9.84 Å². The van der Waals surface area contributed by atoms with Crippen LogP contribution in [0.1, 0.15) is 19.8 Å². The van der Waals surface area contributed by atoms with Crippen LogP contribution >= 0.6 is 0 Å². The molecule has 2 nitrogen and oxygen atoms in total. The zero-order valence-corrected chi connectivity index (χ0v) is 5.84. The minimum atomic E-state index is 0.255. The highest BCUT2D eigenvalue weighted by molar-refractivity contribution is 4.69. The highest BCUT2D eigenvalue weighted by atomic mass is 16.5. The number of hydrogen-bond acceptors (Lipinski definition) is 2. The van der Waals surface area contributed by atoms with Crippen molar-refractivity contribution in [2.45, 2.75) is 25.9 Å². The standard InChI is InChI=1S/C7H14O2/c1-6(5-8)7-3-2-4-9-7/h6-8H,2-5H2,1H3/t6-,7?/m1/s1. The summed E-state index contributed by atoms with van der Waals surface area (Å²) in [4.78, 5) is 0. The number of rotatable bonds is 2. The fourth-order valence-electron chi connectivity index (χ4n) is 1.17. The molecule has 0 aromatic heterocycles. The van der Waals surface area contributed by atoms with Crippen molar-refractivity contribution >= 4 is 0 Å². The van der Waals surface area contributed by atoms with Crippen LogP contribution in [0.2, 0.25) is 0 Å². The summed E-state index contributed by atoms with van der Waals surface area (Å²) in [5, 5.41) is 8.72. The van der Waals surface area contributed by atoms with Crippen molar-refractivity contribution in [1.29, 1.82) is 0 Å². The molecule has 2 heteroatoms. The number of ether oxygens (including phenoxy) is 1. The smallest absolute Gasteiger partial charge is 0.0623 e. The lowest BCUT2D eigenvalue weighted by molar-refractivity contribution is 0.0445. The van der Waals surface area contributed by atoms with Gasteiger partial charge in [-0.2, -0.15) is 0 Å². The first-order valence-electron chi connectivity index (χ1n) is 3.57. The molecule has 0 bridgehead atoms. The molecule has 0 amide bonds. The Morgan fingerprint density at radius 1 is 1.78 bits per heavy atom. The van der Waals surface area contributed by atoms with E-state index in [0.717, 1.165) is 19.4 Å². The fraction of sp³-hybridized carbons (Fsp3) is 1.00. The van der Waals surface area contributed by atoms with Gasteiger partial charge in [0.15, 0.2) is 0 Å². The Hall–Kier alpha value is -0.0800. The molecule has 54 valence electrons. The summed E-state index contributed by atoms with van der Waals surface area (Å²) in [5.74, 6) is 0.326. The third-order valence-corrected chi connectivity index (χ3v) is 1.89. The van der Waals surface area contributed by atoms with E-state index in [4.69, 9.17) is 9.84 Å². The Balaban J connectivity index is 2.24. The van der Waals surface area contributed by atoms with Gasteiger partial charge in [0.05, 0.1) is 6.10 Å². The van der Waals surface area contributed by atoms with Gasteiger partial charge in [-0.05, 0) is 12.8 Å². The molecule has 1 unspecified atom stereocenters.